The number of nitrogens with one attached hydrogen (secondary N) is 1. The molecule has 3 heterocycles. The maximum absolute atomic E-state index is 12.0. The average molecular weight is 351 g/mol. The summed E-state index contributed by atoms with van der Waals surface area (Å²) >= 11 is 0. The summed E-state index contributed by atoms with van der Waals surface area (Å²) in [5, 5.41) is 3.24. The number of nitrogens with zero attached hydrogens (tertiary/aromatic N) is 4. The first-order valence-corrected chi connectivity index (χ1v) is 9.47. The van der Waals surface area contributed by atoms with E-state index < -0.39 is 0 Å². The largest absolute Gasteiger partial charge is 0.356 e. The Labute approximate surface area is 154 Å². The summed E-state index contributed by atoms with van der Waals surface area (Å²) < 4.78 is 0. The van der Waals surface area contributed by atoms with Gasteiger partial charge in [0.25, 0.3) is 0 Å². The third kappa shape index (κ3) is 3.54. The van der Waals surface area contributed by atoms with E-state index in [1.165, 1.54) is 19.3 Å². The molecule has 2 aliphatic rings. The zero-order valence-electron chi connectivity index (χ0n) is 15.4. The monoisotopic (exact) mass is 351 g/mol. The Balaban J connectivity index is 1.54. The van der Waals surface area contributed by atoms with Gasteiger partial charge in [-0.2, -0.15) is 4.98 Å². The smallest absolute Gasteiger partial charge is 0.229 e. The van der Waals surface area contributed by atoms with Gasteiger partial charge in [0, 0.05) is 37.1 Å². The molecule has 1 aliphatic carbocycles. The summed E-state index contributed by atoms with van der Waals surface area (Å²) in [7, 11) is 0. The highest BCUT2D eigenvalue weighted by Gasteiger charge is 2.33. The van der Waals surface area contributed by atoms with Crippen molar-refractivity contribution >= 4 is 23.2 Å². The fourth-order valence-corrected chi connectivity index (χ4v) is 4.17. The molecule has 0 unspecified atom stereocenters. The molecule has 2 fully saturated rings. The lowest BCUT2D eigenvalue weighted by Gasteiger charge is -2.32. The first-order valence-electron chi connectivity index (χ1n) is 9.47. The molecule has 4 rings (SSSR count). The minimum Gasteiger partial charge on any atom is -0.356 e. The number of aryl methyl sites for hydroxylation is 1. The summed E-state index contributed by atoms with van der Waals surface area (Å²) in [6, 6.07) is 5.67. The van der Waals surface area contributed by atoms with Crippen LogP contribution in [0.4, 0.5) is 17.5 Å². The van der Waals surface area contributed by atoms with Crippen LogP contribution in [0, 0.1) is 18.8 Å². The van der Waals surface area contributed by atoms with E-state index in [1.807, 2.05) is 26.0 Å². The Morgan fingerprint density at radius 1 is 1.23 bits per heavy atom. The topological polar surface area (TPSA) is 71.0 Å². The van der Waals surface area contributed by atoms with E-state index >= 15 is 0 Å². The molecule has 1 saturated carbocycles. The number of piperidine rings is 1. The van der Waals surface area contributed by atoms with Crippen molar-refractivity contribution in [1.29, 1.82) is 0 Å². The second-order valence-corrected chi connectivity index (χ2v) is 7.47. The van der Waals surface area contributed by atoms with Crippen molar-refractivity contribution in [1.82, 2.24) is 15.0 Å². The van der Waals surface area contributed by atoms with E-state index in [1.54, 1.807) is 12.3 Å². The SMILES string of the molecule is CCC(=O)c1cc(Nc2nccc(N3C[C@@H]4CC[C@@H](C4)C3)n2)cc(C)n1. The summed E-state index contributed by atoms with van der Waals surface area (Å²) in [6.07, 6.45) is 6.31. The Morgan fingerprint density at radius 2 is 2.00 bits per heavy atom. The maximum Gasteiger partial charge on any atom is 0.229 e. The molecule has 2 atom stereocenters. The van der Waals surface area contributed by atoms with Crippen LogP contribution >= 0.6 is 0 Å². The quantitative estimate of drug-likeness (QED) is 0.827. The van der Waals surface area contributed by atoms with Crippen molar-refractivity contribution in [3.63, 3.8) is 0 Å². The van der Waals surface area contributed by atoms with Crippen molar-refractivity contribution in [2.24, 2.45) is 11.8 Å². The Bertz CT molecular complexity index is 810. The Hall–Kier alpha value is -2.50. The van der Waals surface area contributed by atoms with Crippen LogP contribution in [-0.4, -0.2) is 33.8 Å². The molecule has 26 heavy (non-hydrogen) atoms. The number of hydrogen-bond donors (Lipinski definition) is 1. The lowest BCUT2D eigenvalue weighted by atomic mass is 9.99. The highest BCUT2D eigenvalue weighted by atomic mass is 16.1. The summed E-state index contributed by atoms with van der Waals surface area (Å²) in [5.74, 6) is 3.20. The van der Waals surface area contributed by atoms with Gasteiger partial charge in [-0.25, -0.2) is 9.97 Å². The average Bonchev–Trinajstić information content (AvgIpc) is 2.98. The Morgan fingerprint density at radius 3 is 2.73 bits per heavy atom. The fourth-order valence-electron chi connectivity index (χ4n) is 4.17. The van der Waals surface area contributed by atoms with Gasteiger partial charge in [0.1, 0.15) is 11.5 Å². The van der Waals surface area contributed by atoms with Gasteiger partial charge in [-0.05, 0) is 56.2 Å². The zero-order chi connectivity index (χ0) is 18.1. The van der Waals surface area contributed by atoms with Crippen LogP contribution in [0.3, 0.4) is 0 Å². The molecule has 0 aromatic carbocycles. The number of hydrogen-bond acceptors (Lipinski definition) is 6. The lowest BCUT2D eigenvalue weighted by Crippen LogP contribution is -2.36. The molecule has 1 saturated heterocycles. The molecule has 6 heteroatoms. The molecule has 2 aromatic heterocycles. The van der Waals surface area contributed by atoms with E-state index in [9.17, 15) is 4.79 Å². The molecule has 1 N–H and O–H groups in total. The van der Waals surface area contributed by atoms with Crippen molar-refractivity contribution in [2.75, 3.05) is 23.3 Å². The van der Waals surface area contributed by atoms with Gasteiger partial charge < -0.3 is 10.2 Å². The van der Waals surface area contributed by atoms with Gasteiger partial charge in [-0.1, -0.05) is 6.92 Å². The van der Waals surface area contributed by atoms with E-state index in [0.29, 0.717) is 18.1 Å². The summed E-state index contributed by atoms with van der Waals surface area (Å²) in [4.78, 5) is 27.7. The predicted molar refractivity (Wildman–Crippen MR) is 102 cm³/mol. The molecule has 0 radical (unpaired) electrons. The first kappa shape index (κ1) is 16.9. The molecule has 136 valence electrons. The first-order chi connectivity index (χ1) is 12.6. The molecule has 0 amide bonds. The maximum atomic E-state index is 12.0. The highest BCUT2D eigenvalue weighted by Crippen LogP contribution is 2.37. The number of anilines is 3. The van der Waals surface area contributed by atoms with Gasteiger partial charge in [0.15, 0.2) is 5.78 Å². The minimum atomic E-state index is 0.0372. The van der Waals surface area contributed by atoms with Crippen molar-refractivity contribution in [2.45, 2.75) is 39.5 Å². The van der Waals surface area contributed by atoms with Crippen molar-refractivity contribution in [3.8, 4) is 0 Å². The second-order valence-electron chi connectivity index (χ2n) is 7.47. The number of pyridine rings is 1. The number of ketones is 1. The normalized spacial score (nSPS) is 21.7. The molecular formula is C20H25N5O. The number of aromatic nitrogens is 3. The molecule has 2 aromatic rings. The molecule has 2 bridgehead atoms. The van der Waals surface area contributed by atoms with Crippen LogP contribution in [0.25, 0.3) is 0 Å². The lowest BCUT2D eigenvalue weighted by molar-refractivity contribution is 0.0983. The van der Waals surface area contributed by atoms with Crippen molar-refractivity contribution < 1.29 is 4.79 Å². The van der Waals surface area contributed by atoms with Gasteiger partial charge in [-0.15, -0.1) is 0 Å². The zero-order valence-corrected chi connectivity index (χ0v) is 15.4. The van der Waals surface area contributed by atoms with E-state index in [2.05, 4.69) is 20.2 Å². The fraction of sp³-hybridized carbons (Fsp3) is 0.500. The van der Waals surface area contributed by atoms with Crippen molar-refractivity contribution in [3.05, 3.63) is 35.8 Å². The Kier molecular flexibility index (Phi) is 4.57. The number of fused-ring (bicyclic) bond motifs is 2. The van der Waals surface area contributed by atoms with Crippen LogP contribution in [0.2, 0.25) is 0 Å². The summed E-state index contributed by atoms with van der Waals surface area (Å²) in [6.45, 7) is 5.92. The van der Waals surface area contributed by atoms with Crippen LogP contribution in [0.1, 0.15) is 48.8 Å². The minimum absolute atomic E-state index is 0.0372. The third-order valence-corrected chi connectivity index (χ3v) is 5.39. The van der Waals surface area contributed by atoms with Crippen LogP contribution < -0.4 is 10.2 Å². The molecule has 1 aliphatic heterocycles. The number of rotatable bonds is 5. The van der Waals surface area contributed by atoms with Crippen LogP contribution in [0.5, 0.6) is 0 Å². The third-order valence-electron chi connectivity index (χ3n) is 5.39. The highest BCUT2D eigenvalue weighted by molar-refractivity contribution is 5.95. The molecule has 6 nitrogen and oxygen atoms in total. The summed E-state index contributed by atoms with van der Waals surface area (Å²) in [5.41, 5.74) is 2.08. The standard InChI is InChI=1S/C20H25N5O/c1-3-18(26)17-10-16(8-13(2)22-17)23-20-21-7-6-19(24-20)25-11-14-4-5-15(9-14)12-25/h6-8,10,14-15H,3-5,9,11-12H2,1-2H3,(H,21,22,23,24)/t14-,15+. The number of Topliss-reactive ketones (excluding diaryl/α,β-unsaturated/α-hetero) is 1. The second kappa shape index (κ2) is 7.02. The van der Waals surface area contributed by atoms with Gasteiger partial charge in [0.2, 0.25) is 5.95 Å². The van der Waals surface area contributed by atoms with Gasteiger partial charge in [-0.3, -0.25) is 4.79 Å². The van der Waals surface area contributed by atoms with Gasteiger partial charge >= 0.3 is 0 Å². The van der Waals surface area contributed by atoms with Crippen LogP contribution in [-0.2, 0) is 0 Å². The van der Waals surface area contributed by atoms with Crippen LogP contribution in [0.15, 0.2) is 24.4 Å². The van der Waals surface area contributed by atoms with E-state index in [-0.39, 0.29) is 5.78 Å². The van der Waals surface area contributed by atoms with Gasteiger partial charge in [0.05, 0.1) is 0 Å². The molecule has 0 spiro atoms. The van der Waals surface area contributed by atoms with E-state index in [0.717, 1.165) is 42.1 Å². The van der Waals surface area contributed by atoms with E-state index in [4.69, 9.17) is 4.98 Å². The predicted octanol–water partition coefficient (Wildman–Crippen LogP) is 3.75. The number of carbonyl (C=O) groups excluding carboxylic acids is 1. The number of carbonyl (C=O) groups is 1. The molecular weight excluding hydrogens is 326 g/mol.